The van der Waals surface area contributed by atoms with E-state index in [4.69, 9.17) is 4.74 Å². The highest BCUT2D eigenvalue weighted by Gasteiger charge is 2.13. The van der Waals surface area contributed by atoms with Crippen molar-refractivity contribution in [1.29, 1.82) is 0 Å². The van der Waals surface area contributed by atoms with E-state index < -0.39 is 11.6 Å². The topological polar surface area (TPSA) is 21.3 Å². The molecule has 0 bridgehead atoms. The van der Waals surface area contributed by atoms with Gasteiger partial charge in [0.2, 0.25) is 0 Å². The van der Waals surface area contributed by atoms with Gasteiger partial charge in [0, 0.05) is 12.1 Å². The van der Waals surface area contributed by atoms with E-state index >= 15 is 0 Å². The Morgan fingerprint density at radius 3 is 2.64 bits per heavy atom. The fraction of sp³-hybridized carbons (Fsp3) is 0.400. The summed E-state index contributed by atoms with van der Waals surface area (Å²) in [4.78, 5) is 0. The van der Waals surface area contributed by atoms with Crippen LogP contribution in [0.5, 0.6) is 5.75 Å². The molecule has 0 fully saturated rings. The van der Waals surface area contributed by atoms with Crippen LogP contribution in [0.25, 0.3) is 0 Å². The number of nitrogens with one attached hydrogen (secondary N) is 1. The van der Waals surface area contributed by atoms with Gasteiger partial charge < -0.3 is 10.1 Å². The maximum absolute atomic E-state index is 13.5. The Bertz CT molecular complexity index is 315. The molecule has 0 radical (unpaired) electrons. The van der Waals surface area contributed by atoms with Crippen LogP contribution in [0.15, 0.2) is 12.1 Å². The highest BCUT2D eigenvalue weighted by Crippen LogP contribution is 2.22. The van der Waals surface area contributed by atoms with Crippen molar-refractivity contribution < 1.29 is 13.5 Å². The quantitative estimate of drug-likeness (QED) is 0.805. The Morgan fingerprint density at radius 2 is 2.07 bits per heavy atom. The molecule has 78 valence electrons. The predicted molar refractivity (Wildman–Crippen MR) is 50.3 cm³/mol. The zero-order valence-corrected chi connectivity index (χ0v) is 8.23. The first-order valence-corrected chi connectivity index (χ1v) is 4.42. The third-order valence-corrected chi connectivity index (χ3v) is 1.92. The second-order valence-corrected chi connectivity index (χ2v) is 2.82. The van der Waals surface area contributed by atoms with Crippen molar-refractivity contribution in [2.24, 2.45) is 0 Å². The van der Waals surface area contributed by atoms with Crippen molar-refractivity contribution in [2.75, 3.05) is 13.7 Å². The van der Waals surface area contributed by atoms with Gasteiger partial charge in [-0.3, -0.25) is 0 Å². The molecule has 0 amide bonds. The molecule has 0 saturated heterocycles. The highest BCUT2D eigenvalue weighted by atomic mass is 19.1. The number of rotatable bonds is 4. The van der Waals surface area contributed by atoms with Gasteiger partial charge in [-0.15, -0.1) is 0 Å². The van der Waals surface area contributed by atoms with Crippen molar-refractivity contribution >= 4 is 0 Å². The molecule has 0 aliphatic rings. The molecule has 0 aliphatic carbocycles. The standard InChI is InChI=1S/C10H13F2NO/c1-3-13-6-7-8(11)4-5-9(14-2)10(7)12/h4-5,13H,3,6H2,1-2H3. The lowest BCUT2D eigenvalue weighted by Crippen LogP contribution is -2.14. The molecule has 1 aromatic rings. The van der Waals surface area contributed by atoms with Gasteiger partial charge >= 0.3 is 0 Å². The lowest BCUT2D eigenvalue weighted by molar-refractivity contribution is 0.379. The Morgan fingerprint density at radius 1 is 1.36 bits per heavy atom. The SMILES string of the molecule is CCNCc1c(F)ccc(OC)c1F. The monoisotopic (exact) mass is 201 g/mol. The molecule has 1 aromatic carbocycles. The maximum atomic E-state index is 13.5. The Balaban J connectivity index is 2.99. The van der Waals surface area contributed by atoms with Crippen LogP contribution < -0.4 is 10.1 Å². The molecular weight excluding hydrogens is 188 g/mol. The van der Waals surface area contributed by atoms with Crippen molar-refractivity contribution in [3.8, 4) is 5.75 Å². The lowest BCUT2D eigenvalue weighted by atomic mass is 10.2. The molecule has 0 saturated carbocycles. The van der Waals surface area contributed by atoms with Gasteiger partial charge in [-0.2, -0.15) is 0 Å². The number of hydrogen-bond donors (Lipinski definition) is 1. The zero-order valence-electron chi connectivity index (χ0n) is 8.23. The summed E-state index contributed by atoms with van der Waals surface area (Å²) in [5.41, 5.74) is 0.0196. The van der Waals surface area contributed by atoms with Crippen LogP contribution in [0.1, 0.15) is 12.5 Å². The first-order valence-electron chi connectivity index (χ1n) is 4.42. The third-order valence-electron chi connectivity index (χ3n) is 1.92. The highest BCUT2D eigenvalue weighted by molar-refractivity contribution is 5.32. The second kappa shape index (κ2) is 4.91. The minimum atomic E-state index is -0.631. The fourth-order valence-electron chi connectivity index (χ4n) is 1.15. The molecule has 0 unspecified atom stereocenters. The molecular formula is C10H13F2NO. The minimum absolute atomic E-state index is 0.0196. The molecule has 14 heavy (non-hydrogen) atoms. The van der Waals surface area contributed by atoms with E-state index in [1.807, 2.05) is 6.92 Å². The minimum Gasteiger partial charge on any atom is -0.494 e. The van der Waals surface area contributed by atoms with Gasteiger partial charge in [0.1, 0.15) is 5.82 Å². The van der Waals surface area contributed by atoms with Crippen LogP contribution in [0, 0.1) is 11.6 Å². The molecule has 0 heterocycles. The molecule has 0 spiro atoms. The lowest BCUT2D eigenvalue weighted by Gasteiger charge is -2.08. The van der Waals surface area contributed by atoms with Crippen molar-refractivity contribution in [3.63, 3.8) is 0 Å². The summed E-state index contributed by atoms with van der Waals surface area (Å²) < 4.78 is 31.4. The van der Waals surface area contributed by atoms with Crippen LogP contribution >= 0.6 is 0 Å². The fourth-order valence-corrected chi connectivity index (χ4v) is 1.15. The summed E-state index contributed by atoms with van der Waals surface area (Å²) >= 11 is 0. The van der Waals surface area contributed by atoms with Crippen LogP contribution in [-0.2, 0) is 6.54 Å². The average molecular weight is 201 g/mol. The van der Waals surface area contributed by atoms with E-state index in [0.29, 0.717) is 6.54 Å². The number of halogens is 2. The van der Waals surface area contributed by atoms with Crippen molar-refractivity contribution in [1.82, 2.24) is 5.32 Å². The van der Waals surface area contributed by atoms with Gasteiger partial charge in [0.25, 0.3) is 0 Å². The molecule has 1 N–H and O–H groups in total. The normalized spacial score (nSPS) is 10.3. The third kappa shape index (κ3) is 2.20. The van der Waals surface area contributed by atoms with E-state index in [1.165, 1.54) is 19.2 Å². The summed E-state index contributed by atoms with van der Waals surface area (Å²) in [7, 11) is 1.35. The maximum Gasteiger partial charge on any atom is 0.172 e. The van der Waals surface area contributed by atoms with E-state index in [0.717, 1.165) is 0 Å². The number of benzene rings is 1. The molecule has 0 aliphatic heterocycles. The predicted octanol–water partition coefficient (Wildman–Crippen LogP) is 2.08. The number of methoxy groups -OCH3 is 1. The van der Waals surface area contributed by atoms with Gasteiger partial charge in [0.05, 0.1) is 7.11 Å². The van der Waals surface area contributed by atoms with E-state index in [1.54, 1.807) is 0 Å². The largest absolute Gasteiger partial charge is 0.494 e. The Labute approximate surface area is 81.9 Å². The van der Waals surface area contributed by atoms with E-state index in [-0.39, 0.29) is 17.9 Å². The Kier molecular flexibility index (Phi) is 3.83. The smallest absolute Gasteiger partial charge is 0.172 e. The van der Waals surface area contributed by atoms with Crippen LogP contribution in [0.4, 0.5) is 8.78 Å². The van der Waals surface area contributed by atoms with E-state index in [2.05, 4.69) is 5.32 Å². The van der Waals surface area contributed by atoms with Gasteiger partial charge in [-0.05, 0) is 18.7 Å². The van der Waals surface area contributed by atoms with Crippen LogP contribution in [0.2, 0.25) is 0 Å². The Hall–Kier alpha value is -1.16. The van der Waals surface area contributed by atoms with Crippen molar-refractivity contribution in [2.45, 2.75) is 13.5 Å². The van der Waals surface area contributed by atoms with Gasteiger partial charge in [0.15, 0.2) is 11.6 Å². The number of ether oxygens (including phenoxy) is 1. The second-order valence-electron chi connectivity index (χ2n) is 2.82. The number of hydrogen-bond acceptors (Lipinski definition) is 2. The summed E-state index contributed by atoms with van der Waals surface area (Å²) in [6, 6.07) is 2.48. The molecule has 4 heteroatoms. The molecule has 0 aromatic heterocycles. The zero-order chi connectivity index (χ0) is 10.6. The molecule has 0 atom stereocenters. The van der Waals surface area contributed by atoms with Crippen molar-refractivity contribution in [3.05, 3.63) is 29.3 Å². The summed E-state index contributed by atoms with van der Waals surface area (Å²) in [5.74, 6) is -1.11. The average Bonchev–Trinajstić information content (AvgIpc) is 2.18. The first-order chi connectivity index (χ1) is 6.70. The first kappa shape index (κ1) is 10.9. The summed E-state index contributed by atoms with van der Waals surface area (Å²) in [6.45, 7) is 2.71. The van der Waals surface area contributed by atoms with Crippen LogP contribution in [-0.4, -0.2) is 13.7 Å². The summed E-state index contributed by atoms with van der Waals surface area (Å²) in [5, 5.41) is 2.86. The van der Waals surface area contributed by atoms with Crippen LogP contribution in [0.3, 0.4) is 0 Å². The molecule has 1 rings (SSSR count). The van der Waals surface area contributed by atoms with Gasteiger partial charge in [-0.25, -0.2) is 8.78 Å². The molecule has 2 nitrogen and oxygen atoms in total. The van der Waals surface area contributed by atoms with Gasteiger partial charge in [-0.1, -0.05) is 6.92 Å². The van der Waals surface area contributed by atoms with E-state index in [9.17, 15) is 8.78 Å². The summed E-state index contributed by atoms with van der Waals surface area (Å²) in [6.07, 6.45) is 0.